The van der Waals surface area contributed by atoms with E-state index >= 15 is 0 Å². The molecule has 2 fully saturated rings. The molecule has 4 rings (SSSR count). The molecule has 150 valence electrons. The van der Waals surface area contributed by atoms with Crippen molar-refractivity contribution in [2.45, 2.75) is 23.8 Å². The van der Waals surface area contributed by atoms with Gasteiger partial charge in [-0.1, -0.05) is 30.3 Å². The molecular weight excluding hydrogens is 386 g/mol. The van der Waals surface area contributed by atoms with Crippen LogP contribution in [0, 0.1) is 0 Å². The third-order valence-corrected chi connectivity index (χ3v) is 6.33. The molecule has 7 heteroatoms. The molecule has 0 aromatic heterocycles. The van der Waals surface area contributed by atoms with Gasteiger partial charge in [0.1, 0.15) is 6.54 Å². The van der Waals surface area contributed by atoms with Crippen molar-refractivity contribution in [1.82, 2.24) is 9.80 Å². The molecule has 0 unspecified atom stereocenters. The maximum absolute atomic E-state index is 12.9. The molecule has 2 saturated heterocycles. The maximum Gasteiger partial charge on any atom is 0.332 e. The van der Waals surface area contributed by atoms with Crippen LogP contribution in [0.1, 0.15) is 23.2 Å². The Hall–Kier alpha value is -2.80. The van der Waals surface area contributed by atoms with Crippen LogP contribution in [0.25, 0.3) is 0 Å². The minimum atomic E-state index is -0.265. The van der Waals surface area contributed by atoms with Crippen LogP contribution < -0.4 is 4.90 Å². The molecule has 0 aliphatic carbocycles. The second-order valence-corrected chi connectivity index (χ2v) is 8.05. The average Bonchev–Trinajstić information content (AvgIpc) is 3.07. The number of rotatable bonds is 4. The highest BCUT2D eigenvalue weighted by atomic mass is 32.2. The zero-order valence-corrected chi connectivity index (χ0v) is 17.1. The van der Waals surface area contributed by atoms with Gasteiger partial charge < -0.3 is 9.80 Å². The number of anilines is 1. The molecule has 0 saturated carbocycles. The maximum atomic E-state index is 12.9. The third kappa shape index (κ3) is 3.74. The largest absolute Gasteiger partial charge is 0.338 e. The van der Waals surface area contributed by atoms with E-state index in [9.17, 15) is 14.4 Å². The van der Waals surface area contributed by atoms with Crippen molar-refractivity contribution in [3.8, 4) is 0 Å². The minimum absolute atomic E-state index is 0.0278. The monoisotopic (exact) mass is 409 g/mol. The van der Waals surface area contributed by atoms with Gasteiger partial charge in [0.25, 0.3) is 11.8 Å². The lowest BCUT2D eigenvalue weighted by molar-refractivity contribution is -0.116. The predicted molar refractivity (Wildman–Crippen MR) is 113 cm³/mol. The van der Waals surface area contributed by atoms with E-state index in [2.05, 4.69) is 0 Å². The molecule has 0 spiro atoms. The van der Waals surface area contributed by atoms with E-state index in [1.807, 2.05) is 53.6 Å². The van der Waals surface area contributed by atoms with Gasteiger partial charge in [0.05, 0.1) is 11.3 Å². The number of hydrogen-bond acceptors (Lipinski definition) is 4. The second kappa shape index (κ2) is 8.29. The molecule has 2 heterocycles. The highest BCUT2D eigenvalue weighted by Crippen LogP contribution is 2.28. The molecule has 2 aliphatic rings. The summed E-state index contributed by atoms with van der Waals surface area (Å²) in [6.45, 7) is 1.26. The van der Waals surface area contributed by atoms with Gasteiger partial charge in [-0.3, -0.25) is 9.59 Å². The molecule has 0 atom stereocenters. The standard InChI is InChI=1S/C22H23N3O3S/c1-29-19-10-6-5-9-18(19)21(27)23-13-11-16(12-14-23)24-15-20(26)25(22(24)28)17-7-3-2-4-8-17/h2-10,16H,11-15H2,1H3. The average molecular weight is 410 g/mol. The fourth-order valence-corrected chi connectivity index (χ4v) is 4.60. The van der Waals surface area contributed by atoms with Crippen LogP contribution in [0.15, 0.2) is 59.5 Å². The highest BCUT2D eigenvalue weighted by Gasteiger charge is 2.41. The van der Waals surface area contributed by atoms with Gasteiger partial charge in [-0.2, -0.15) is 0 Å². The Morgan fingerprint density at radius 2 is 1.62 bits per heavy atom. The summed E-state index contributed by atoms with van der Waals surface area (Å²) in [6, 6.07) is 16.4. The minimum Gasteiger partial charge on any atom is -0.338 e. The number of nitrogens with zero attached hydrogens (tertiary/aromatic N) is 3. The SMILES string of the molecule is CSc1ccccc1C(=O)N1CCC(N2CC(=O)N(c3ccccc3)C2=O)CC1. The van der Waals surface area contributed by atoms with E-state index in [0.717, 1.165) is 10.5 Å². The van der Waals surface area contributed by atoms with Gasteiger partial charge >= 0.3 is 6.03 Å². The summed E-state index contributed by atoms with van der Waals surface area (Å²) in [7, 11) is 0. The van der Waals surface area contributed by atoms with Crippen LogP contribution in [-0.2, 0) is 4.79 Å². The highest BCUT2D eigenvalue weighted by molar-refractivity contribution is 7.98. The number of benzene rings is 2. The molecule has 0 radical (unpaired) electrons. The quantitative estimate of drug-likeness (QED) is 0.573. The van der Waals surface area contributed by atoms with Crippen molar-refractivity contribution in [3.63, 3.8) is 0 Å². The number of para-hydroxylation sites is 1. The number of urea groups is 1. The summed E-state index contributed by atoms with van der Waals surface area (Å²) in [5.74, 6) is -0.170. The summed E-state index contributed by atoms with van der Waals surface area (Å²) in [5.41, 5.74) is 1.33. The van der Waals surface area contributed by atoms with Crippen LogP contribution in [0.3, 0.4) is 0 Å². The van der Waals surface area contributed by atoms with E-state index in [1.165, 1.54) is 4.90 Å². The van der Waals surface area contributed by atoms with Crippen molar-refractivity contribution in [2.24, 2.45) is 0 Å². The van der Waals surface area contributed by atoms with Crippen LogP contribution >= 0.6 is 11.8 Å². The number of imide groups is 1. The van der Waals surface area contributed by atoms with Crippen molar-refractivity contribution >= 4 is 35.3 Å². The second-order valence-electron chi connectivity index (χ2n) is 7.20. The van der Waals surface area contributed by atoms with Crippen LogP contribution in [0.2, 0.25) is 0 Å². The Labute approximate surface area is 174 Å². The van der Waals surface area contributed by atoms with Gasteiger partial charge in [0.2, 0.25) is 0 Å². The first kappa shape index (κ1) is 19.5. The summed E-state index contributed by atoms with van der Waals surface area (Å²) in [4.78, 5) is 44.0. The first-order valence-corrected chi connectivity index (χ1v) is 10.9. The van der Waals surface area contributed by atoms with Crippen LogP contribution in [0.5, 0.6) is 0 Å². The molecule has 0 bridgehead atoms. The topological polar surface area (TPSA) is 60.9 Å². The smallest absolute Gasteiger partial charge is 0.332 e. The number of likely N-dealkylation sites (tertiary alicyclic amines) is 1. The van der Waals surface area contributed by atoms with E-state index < -0.39 is 0 Å². The number of thioether (sulfide) groups is 1. The molecule has 4 amide bonds. The Balaban J connectivity index is 1.42. The Morgan fingerprint density at radius 3 is 2.31 bits per heavy atom. The lowest BCUT2D eigenvalue weighted by Crippen LogP contribution is -2.48. The molecular formula is C22H23N3O3S. The number of piperidine rings is 1. The van der Waals surface area contributed by atoms with E-state index in [-0.39, 0.29) is 30.4 Å². The van der Waals surface area contributed by atoms with Crippen LogP contribution in [0.4, 0.5) is 10.5 Å². The first-order valence-electron chi connectivity index (χ1n) is 9.71. The Morgan fingerprint density at radius 1 is 0.966 bits per heavy atom. The van der Waals surface area contributed by atoms with E-state index in [1.54, 1.807) is 28.8 Å². The molecule has 2 aromatic rings. The summed E-state index contributed by atoms with van der Waals surface area (Å²) >= 11 is 1.56. The summed E-state index contributed by atoms with van der Waals surface area (Å²) in [6.07, 6.45) is 3.32. The number of carbonyl (C=O) groups is 3. The zero-order valence-electron chi connectivity index (χ0n) is 16.3. The van der Waals surface area contributed by atoms with Crippen LogP contribution in [-0.4, -0.2) is 59.6 Å². The normalized spacial score (nSPS) is 17.9. The van der Waals surface area contributed by atoms with E-state index in [4.69, 9.17) is 0 Å². The fourth-order valence-electron chi connectivity index (χ4n) is 4.01. The molecule has 0 N–H and O–H groups in total. The van der Waals surface area contributed by atoms with Crippen molar-refractivity contribution in [3.05, 3.63) is 60.2 Å². The summed E-state index contributed by atoms with van der Waals surface area (Å²) < 4.78 is 0. The van der Waals surface area contributed by atoms with Crippen molar-refractivity contribution < 1.29 is 14.4 Å². The number of amides is 4. The van der Waals surface area contributed by atoms with Crippen molar-refractivity contribution in [1.29, 1.82) is 0 Å². The van der Waals surface area contributed by atoms with E-state index in [0.29, 0.717) is 31.6 Å². The van der Waals surface area contributed by atoms with Crippen molar-refractivity contribution in [2.75, 3.05) is 30.8 Å². The zero-order chi connectivity index (χ0) is 20.4. The molecule has 2 aliphatic heterocycles. The molecule has 6 nitrogen and oxygen atoms in total. The lowest BCUT2D eigenvalue weighted by atomic mass is 10.0. The number of hydrogen-bond donors (Lipinski definition) is 0. The Bertz CT molecular complexity index is 926. The Kier molecular flexibility index (Phi) is 5.58. The molecule has 2 aromatic carbocycles. The summed E-state index contributed by atoms with van der Waals surface area (Å²) in [5, 5.41) is 0. The first-order chi connectivity index (χ1) is 14.1. The lowest BCUT2D eigenvalue weighted by Gasteiger charge is -2.36. The predicted octanol–water partition coefficient (Wildman–Crippen LogP) is 3.48. The third-order valence-electron chi connectivity index (χ3n) is 5.54. The molecule has 29 heavy (non-hydrogen) atoms. The fraction of sp³-hybridized carbons (Fsp3) is 0.318. The number of carbonyl (C=O) groups excluding carboxylic acids is 3. The van der Waals surface area contributed by atoms with Gasteiger partial charge in [-0.25, -0.2) is 9.69 Å². The van der Waals surface area contributed by atoms with Gasteiger partial charge in [-0.05, 0) is 43.4 Å². The van der Waals surface area contributed by atoms with Gasteiger partial charge in [0, 0.05) is 24.0 Å². The van der Waals surface area contributed by atoms with Gasteiger partial charge in [0.15, 0.2) is 0 Å². The van der Waals surface area contributed by atoms with Gasteiger partial charge in [-0.15, -0.1) is 11.8 Å².